The van der Waals surface area contributed by atoms with E-state index < -0.39 is 0 Å². The van der Waals surface area contributed by atoms with Gasteiger partial charge in [0.15, 0.2) is 5.96 Å². The van der Waals surface area contributed by atoms with Crippen molar-refractivity contribution < 1.29 is 4.52 Å². The van der Waals surface area contributed by atoms with Crippen LogP contribution in [0.25, 0.3) is 0 Å². The largest absolute Gasteiger partial charge is 0.364 e. The molecule has 1 N–H and O–H groups in total. The molecule has 1 aliphatic heterocycles. The molecule has 2 heterocycles. The van der Waals surface area contributed by atoms with Crippen molar-refractivity contribution in [1.82, 2.24) is 20.3 Å². The quantitative estimate of drug-likeness (QED) is 0.428. The van der Waals surface area contributed by atoms with Crippen molar-refractivity contribution in [2.45, 2.75) is 32.2 Å². The van der Waals surface area contributed by atoms with Crippen LogP contribution in [0.4, 0.5) is 0 Å². The third kappa shape index (κ3) is 4.04. The van der Waals surface area contributed by atoms with E-state index in [-0.39, 0.29) is 24.0 Å². The average Bonchev–Trinajstić information content (AvgIpc) is 3.49. The van der Waals surface area contributed by atoms with Crippen LogP contribution in [0.3, 0.4) is 0 Å². The third-order valence-electron chi connectivity index (χ3n) is 5.69. The molecule has 6 nitrogen and oxygen atoms in total. The summed E-state index contributed by atoms with van der Waals surface area (Å²) in [6.07, 6.45) is 7.35. The highest BCUT2D eigenvalue weighted by Crippen LogP contribution is 2.60. The standard InChI is InChI=1S/C17H27N5O.HI/c1-18-16(19-13-17(5-6-17)14-2-3-14)22-9-7-21(8-10-22)12-15-4-11-23-20-15;/h4,11,14H,2-3,5-10,12-13H2,1H3,(H,18,19);1H. The molecule has 0 radical (unpaired) electrons. The van der Waals surface area contributed by atoms with E-state index in [1.807, 2.05) is 13.1 Å². The second-order valence-corrected chi connectivity index (χ2v) is 7.29. The molecule has 3 fully saturated rings. The average molecular weight is 445 g/mol. The Morgan fingerprint density at radius 1 is 1.33 bits per heavy atom. The number of nitrogens with zero attached hydrogens (tertiary/aromatic N) is 4. The van der Waals surface area contributed by atoms with E-state index in [0.29, 0.717) is 5.41 Å². The van der Waals surface area contributed by atoms with Crippen molar-refractivity contribution >= 4 is 29.9 Å². The molecule has 0 atom stereocenters. The van der Waals surface area contributed by atoms with E-state index in [9.17, 15) is 0 Å². The molecule has 0 amide bonds. The maximum Gasteiger partial charge on any atom is 0.193 e. The van der Waals surface area contributed by atoms with Gasteiger partial charge in [-0.25, -0.2) is 0 Å². The molecular weight excluding hydrogens is 417 g/mol. The van der Waals surface area contributed by atoms with Crippen LogP contribution in [0.2, 0.25) is 0 Å². The molecule has 2 saturated carbocycles. The van der Waals surface area contributed by atoms with Gasteiger partial charge in [0.1, 0.15) is 6.26 Å². The van der Waals surface area contributed by atoms with Gasteiger partial charge < -0.3 is 14.7 Å². The van der Waals surface area contributed by atoms with Gasteiger partial charge >= 0.3 is 0 Å². The summed E-state index contributed by atoms with van der Waals surface area (Å²) in [5.74, 6) is 2.07. The highest BCUT2D eigenvalue weighted by Gasteiger charge is 2.53. The van der Waals surface area contributed by atoms with Gasteiger partial charge in [0.2, 0.25) is 0 Å². The van der Waals surface area contributed by atoms with Crippen molar-refractivity contribution in [3.8, 4) is 0 Å². The first-order chi connectivity index (χ1) is 11.3. The first kappa shape index (κ1) is 18.0. The third-order valence-corrected chi connectivity index (χ3v) is 5.69. The van der Waals surface area contributed by atoms with Crippen molar-refractivity contribution in [2.75, 3.05) is 39.8 Å². The summed E-state index contributed by atoms with van der Waals surface area (Å²) in [7, 11) is 1.90. The molecule has 0 bridgehead atoms. The number of hydrogen-bond donors (Lipinski definition) is 1. The second kappa shape index (κ2) is 7.59. The molecule has 1 saturated heterocycles. The van der Waals surface area contributed by atoms with Crippen molar-refractivity contribution in [1.29, 1.82) is 0 Å². The Morgan fingerprint density at radius 2 is 2.08 bits per heavy atom. The second-order valence-electron chi connectivity index (χ2n) is 7.29. The molecule has 0 spiro atoms. The first-order valence-electron chi connectivity index (χ1n) is 8.86. The van der Waals surface area contributed by atoms with Crippen LogP contribution in [0, 0.1) is 11.3 Å². The molecule has 1 aromatic rings. The maximum atomic E-state index is 4.91. The van der Waals surface area contributed by atoms with Crippen LogP contribution < -0.4 is 5.32 Å². The first-order valence-corrected chi connectivity index (χ1v) is 8.86. The topological polar surface area (TPSA) is 56.9 Å². The molecule has 24 heavy (non-hydrogen) atoms. The Kier molecular flexibility index (Phi) is 5.69. The lowest BCUT2D eigenvalue weighted by atomic mass is 10.0. The normalized spacial score (nSPS) is 23.7. The molecule has 2 aliphatic carbocycles. The molecule has 0 aromatic carbocycles. The number of rotatable bonds is 5. The zero-order valence-electron chi connectivity index (χ0n) is 14.4. The van der Waals surface area contributed by atoms with Crippen molar-refractivity contribution in [2.24, 2.45) is 16.3 Å². The summed E-state index contributed by atoms with van der Waals surface area (Å²) in [6.45, 7) is 6.12. The zero-order valence-corrected chi connectivity index (χ0v) is 16.7. The predicted molar refractivity (Wildman–Crippen MR) is 105 cm³/mol. The lowest BCUT2D eigenvalue weighted by molar-refractivity contribution is 0.168. The van der Waals surface area contributed by atoms with Crippen LogP contribution >= 0.6 is 24.0 Å². The number of halogens is 1. The predicted octanol–water partition coefficient (Wildman–Crippen LogP) is 2.18. The van der Waals surface area contributed by atoms with Crippen LogP contribution in [0.5, 0.6) is 0 Å². The number of piperazine rings is 1. The lowest BCUT2D eigenvalue weighted by Gasteiger charge is -2.36. The van der Waals surface area contributed by atoms with E-state index in [1.54, 1.807) is 6.26 Å². The summed E-state index contributed by atoms with van der Waals surface area (Å²) in [5.41, 5.74) is 1.63. The van der Waals surface area contributed by atoms with Crippen LogP contribution in [-0.4, -0.2) is 60.7 Å². The smallest absolute Gasteiger partial charge is 0.193 e. The van der Waals surface area contributed by atoms with Gasteiger partial charge in [0, 0.05) is 52.4 Å². The number of aromatic nitrogens is 1. The Balaban J connectivity index is 0.00000169. The van der Waals surface area contributed by atoms with Crippen LogP contribution in [-0.2, 0) is 6.54 Å². The van der Waals surface area contributed by atoms with Gasteiger partial charge in [-0.1, -0.05) is 5.16 Å². The highest BCUT2D eigenvalue weighted by atomic mass is 127. The maximum absolute atomic E-state index is 4.91. The van der Waals surface area contributed by atoms with Gasteiger partial charge in [-0.3, -0.25) is 9.89 Å². The fourth-order valence-corrected chi connectivity index (χ4v) is 3.84. The molecule has 134 valence electrons. The Labute approximate surface area is 161 Å². The van der Waals surface area contributed by atoms with Gasteiger partial charge in [0.05, 0.1) is 5.69 Å². The van der Waals surface area contributed by atoms with E-state index in [2.05, 4.69) is 25.3 Å². The SMILES string of the molecule is CN=C(NCC1(C2CC2)CC1)N1CCN(Cc2ccon2)CC1.I. The number of guanidine groups is 1. The fourth-order valence-electron chi connectivity index (χ4n) is 3.84. The van der Waals surface area contributed by atoms with Crippen molar-refractivity contribution in [3.05, 3.63) is 18.0 Å². The lowest BCUT2D eigenvalue weighted by Crippen LogP contribution is -2.53. The molecule has 0 unspecified atom stereocenters. The van der Waals surface area contributed by atoms with E-state index in [0.717, 1.165) is 56.8 Å². The Bertz CT molecular complexity index is 545. The summed E-state index contributed by atoms with van der Waals surface area (Å²) >= 11 is 0. The van der Waals surface area contributed by atoms with Crippen molar-refractivity contribution in [3.63, 3.8) is 0 Å². The van der Waals surface area contributed by atoms with Gasteiger partial charge in [-0.05, 0) is 37.0 Å². The fraction of sp³-hybridized carbons (Fsp3) is 0.765. The molecule has 1 aromatic heterocycles. The minimum absolute atomic E-state index is 0. The van der Waals surface area contributed by atoms with Gasteiger partial charge in [-0.15, -0.1) is 24.0 Å². The summed E-state index contributed by atoms with van der Waals surface area (Å²) < 4.78 is 4.91. The molecule has 4 rings (SSSR count). The summed E-state index contributed by atoms with van der Waals surface area (Å²) in [5, 5.41) is 7.65. The minimum Gasteiger partial charge on any atom is -0.364 e. The Morgan fingerprint density at radius 3 is 2.62 bits per heavy atom. The van der Waals surface area contributed by atoms with E-state index in [4.69, 9.17) is 4.52 Å². The van der Waals surface area contributed by atoms with Crippen LogP contribution in [0.15, 0.2) is 21.8 Å². The van der Waals surface area contributed by atoms with E-state index >= 15 is 0 Å². The molecule has 3 aliphatic rings. The monoisotopic (exact) mass is 445 g/mol. The summed E-state index contributed by atoms with van der Waals surface area (Å²) in [4.78, 5) is 9.32. The van der Waals surface area contributed by atoms with E-state index in [1.165, 1.54) is 25.7 Å². The molecular formula is C17H28IN5O. The van der Waals surface area contributed by atoms with Gasteiger partial charge in [-0.2, -0.15) is 0 Å². The van der Waals surface area contributed by atoms with Crippen LogP contribution in [0.1, 0.15) is 31.4 Å². The molecule has 7 heteroatoms. The number of aliphatic imine (C=N–C) groups is 1. The highest BCUT2D eigenvalue weighted by molar-refractivity contribution is 14.0. The zero-order chi connectivity index (χ0) is 15.7. The summed E-state index contributed by atoms with van der Waals surface area (Å²) in [6, 6.07) is 1.94. The Hall–Kier alpha value is -0.830. The minimum atomic E-state index is 0. The van der Waals surface area contributed by atoms with Gasteiger partial charge in [0.25, 0.3) is 0 Å². The number of hydrogen-bond acceptors (Lipinski definition) is 4. The number of nitrogens with one attached hydrogen (secondary N) is 1.